The molecule has 0 amide bonds. The van der Waals surface area contributed by atoms with Gasteiger partial charge in [0.1, 0.15) is 5.01 Å². The standard InChI is InChI=1S/C25H29N3S/c1-3-9-20(10-4-1)18-27-15-7-13-23(27)24-14-8-16-28(24)19-22-17-26-25(29-22)21-11-5-2-6-12-21/h1-6,9-12,17,23-24H,7-8,13-16,18-19H2. The topological polar surface area (TPSA) is 19.4 Å². The summed E-state index contributed by atoms with van der Waals surface area (Å²) < 4.78 is 0. The van der Waals surface area contributed by atoms with Crippen LogP contribution in [-0.4, -0.2) is 40.0 Å². The van der Waals surface area contributed by atoms with Gasteiger partial charge >= 0.3 is 0 Å². The minimum Gasteiger partial charge on any atom is -0.295 e. The molecule has 2 atom stereocenters. The summed E-state index contributed by atoms with van der Waals surface area (Å²) in [5.41, 5.74) is 2.67. The highest BCUT2D eigenvalue weighted by atomic mass is 32.1. The van der Waals surface area contributed by atoms with Gasteiger partial charge in [0.25, 0.3) is 0 Å². The van der Waals surface area contributed by atoms with Crippen LogP contribution in [0.5, 0.6) is 0 Å². The quantitative estimate of drug-likeness (QED) is 0.546. The molecular weight excluding hydrogens is 374 g/mol. The summed E-state index contributed by atoms with van der Waals surface area (Å²) in [6.45, 7) is 4.60. The van der Waals surface area contributed by atoms with E-state index in [2.05, 4.69) is 76.7 Å². The van der Waals surface area contributed by atoms with Crippen molar-refractivity contribution >= 4 is 11.3 Å². The van der Waals surface area contributed by atoms with Crippen molar-refractivity contribution in [1.29, 1.82) is 0 Å². The Balaban J connectivity index is 1.27. The molecule has 0 radical (unpaired) electrons. The van der Waals surface area contributed by atoms with Crippen LogP contribution in [-0.2, 0) is 13.1 Å². The fraction of sp³-hybridized carbons (Fsp3) is 0.400. The summed E-state index contributed by atoms with van der Waals surface area (Å²) in [5.74, 6) is 0. The molecule has 3 aromatic rings. The second-order valence-electron chi connectivity index (χ2n) is 8.34. The van der Waals surface area contributed by atoms with Crippen molar-refractivity contribution in [2.45, 2.75) is 50.9 Å². The van der Waals surface area contributed by atoms with Crippen LogP contribution in [0.1, 0.15) is 36.1 Å². The zero-order valence-corrected chi connectivity index (χ0v) is 17.7. The monoisotopic (exact) mass is 403 g/mol. The molecule has 2 aliphatic rings. The van der Waals surface area contributed by atoms with Gasteiger partial charge in [-0.3, -0.25) is 9.80 Å². The zero-order chi connectivity index (χ0) is 19.5. The maximum Gasteiger partial charge on any atom is 0.123 e. The molecule has 150 valence electrons. The number of nitrogens with zero attached hydrogens (tertiary/aromatic N) is 3. The predicted octanol–water partition coefficient (Wildman–Crippen LogP) is 5.44. The molecule has 29 heavy (non-hydrogen) atoms. The minimum atomic E-state index is 0.684. The maximum atomic E-state index is 4.70. The minimum absolute atomic E-state index is 0.684. The van der Waals surface area contributed by atoms with Crippen molar-refractivity contribution in [3.05, 3.63) is 77.3 Å². The SMILES string of the molecule is c1ccc(CN2CCCC2C2CCCN2Cc2cnc(-c3ccccc3)s2)cc1. The Kier molecular flexibility index (Phi) is 5.75. The molecule has 0 aliphatic carbocycles. The molecule has 1 aromatic heterocycles. The van der Waals surface area contributed by atoms with Crippen LogP contribution in [0.3, 0.4) is 0 Å². The summed E-state index contributed by atoms with van der Waals surface area (Å²) in [6.07, 6.45) is 7.43. The van der Waals surface area contributed by atoms with Gasteiger partial charge in [-0.1, -0.05) is 60.7 Å². The zero-order valence-electron chi connectivity index (χ0n) is 16.9. The molecule has 0 spiro atoms. The summed E-state index contributed by atoms with van der Waals surface area (Å²) in [5, 5.41) is 1.14. The number of rotatable bonds is 6. The van der Waals surface area contributed by atoms with E-state index in [0.29, 0.717) is 12.1 Å². The van der Waals surface area contributed by atoms with Gasteiger partial charge in [-0.2, -0.15) is 0 Å². The van der Waals surface area contributed by atoms with E-state index in [1.807, 2.05) is 11.3 Å². The number of thiazole rings is 1. The molecule has 0 bridgehead atoms. The third-order valence-corrected chi connectivity index (χ3v) is 7.47. The van der Waals surface area contributed by atoms with Crippen molar-refractivity contribution in [2.75, 3.05) is 13.1 Å². The normalized spacial score (nSPS) is 23.0. The predicted molar refractivity (Wildman–Crippen MR) is 121 cm³/mol. The molecule has 3 heterocycles. The van der Waals surface area contributed by atoms with E-state index in [9.17, 15) is 0 Å². The third kappa shape index (κ3) is 4.30. The highest BCUT2D eigenvalue weighted by Crippen LogP contribution is 2.33. The Labute approximate surface area is 178 Å². The van der Waals surface area contributed by atoms with Gasteiger partial charge in [0.05, 0.1) is 0 Å². The lowest BCUT2D eigenvalue weighted by atomic mass is 10.0. The van der Waals surface area contributed by atoms with Gasteiger partial charge in [-0.15, -0.1) is 11.3 Å². The molecular formula is C25H29N3S. The van der Waals surface area contributed by atoms with E-state index in [-0.39, 0.29) is 0 Å². The molecule has 0 saturated carbocycles. The summed E-state index contributed by atoms with van der Waals surface area (Å²) in [4.78, 5) is 11.6. The van der Waals surface area contributed by atoms with E-state index in [0.717, 1.165) is 18.1 Å². The number of hydrogen-bond donors (Lipinski definition) is 0. The third-order valence-electron chi connectivity index (χ3n) is 6.43. The van der Waals surface area contributed by atoms with E-state index in [1.165, 1.54) is 54.8 Å². The molecule has 2 unspecified atom stereocenters. The van der Waals surface area contributed by atoms with Gasteiger partial charge in [-0.05, 0) is 44.3 Å². The first-order valence-electron chi connectivity index (χ1n) is 10.9. The molecule has 3 nitrogen and oxygen atoms in total. The first kappa shape index (κ1) is 19.0. The van der Waals surface area contributed by atoms with Crippen LogP contribution in [0, 0.1) is 0 Å². The fourth-order valence-corrected chi connectivity index (χ4v) is 6.02. The smallest absolute Gasteiger partial charge is 0.123 e. The molecule has 2 fully saturated rings. The first-order valence-corrected chi connectivity index (χ1v) is 11.7. The largest absolute Gasteiger partial charge is 0.295 e. The average Bonchev–Trinajstić information content (AvgIpc) is 3.51. The van der Waals surface area contributed by atoms with Gasteiger partial charge < -0.3 is 0 Å². The van der Waals surface area contributed by atoms with Crippen LogP contribution in [0.15, 0.2) is 66.9 Å². The Morgan fingerprint density at radius 2 is 1.41 bits per heavy atom. The molecule has 2 saturated heterocycles. The van der Waals surface area contributed by atoms with Gasteiger partial charge in [-0.25, -0.2) is 4.98 Å². The number of likely N-dealkylation sites (tertiary alicyclic amines) is 2. The molecule has 4 heteroatoms. The van der Waals surface area contributed by atoms with E-state index in [4.69, 9.17) is 4.98 Å². The Morgan fingerprint density at radius 1 is 0.793 bits per heavy atom. The fourth-order valence-electron chi connectivity index (χ4n) is 5.08. The van der Waals surface area contributed by atoms with Gasteiger partial charge in [0.2, 0.25) is 0 Å². The number of aromatic nitrogens is 1. The average molecular weight is 404 g/mol. The first-order chi connectivity index (χ1) is 14.4. The Bertz CT molecular complexity index is 908. The van der Waals surface area contributed by atoms with Crippen LogP contribution < -0.4 is 0 Å². The van der Waals surface area contributed by atoms with Crippen molar-refractivity contribution in [3.8, 4) is 10.6 Å². The van der Waals surface area contributed by atoms with Crippen molar-refractivity contribution < 1.29 is 0 Å². The van der Waals surface area contributed by atoms with E-state index in [1.54, 1.807) is 0 Å². The van der Waals surface area contributed by atoms with Crippen LogP contribution in [0.25, 0.3) is 10.6 Å². The van der Waals surface area contributed by atoms with Crippen LogP contribution in [0.4, 0.5) is 0 Å². The number of hydrogen-bond acceptors (Lipinski definition) is 4. The summed E-state index contributed by atoms with van der Waals surface area (Å²) in [7, 11) is 0. The Hall–Kier alpha value is -2.01. The van der Waals surface area contributed by atoms with Crippen molar-refractivity contribution in [2.24, 2.45) is 0 Å². The van der Waals surface area contributed by atoms with Crippen LogP contribution >= 0.6 is 11.3 Å². The molecule has 2 aliphatic heterocycles. The van der Waals surface area contributed by atoms with Crippen molar-refractivity contribution in [3.63, 3.8) is 0 Å². The second kappa shape index (κ2) is 8.78. The van der Waals surface area contributed by atoms with E-state index >= 15 is 0 Å². The highest BCUT2D eigenvalue weighted by Gasteiger charge is 2.37. The second-order valence-corrected chi connectivity index (χ2v) is 9.46. The lowest BCUT2D eigenvalue weighted by Gasteiger charge is -2.35. The summed E-state index contributed by atoms with van der Waals surface area (Å²) in [6, 6.07) is 22.9. The molecule has 2 aromatic carbocycles. The lowest BCUT2D eigenvalue weighted by molar-refractivity contribution is 0.125. The highest BCUT2D eigenvalue weighted by molar-refractivity contribution is 7.15. The van der Waals surface area contributed by atoms with Crippen molar-refractivity contribution in [1.82, 2.24) is 14.8 Å². The van der Waals surface area contributed by atoms with Gasteiger partial charge in [0, 0.05) is 41.8 Å². The molecule has 0 N–H and O–H groups in total. The molecule has 5 rings (SSSR count). The Morgan fingerprint density at radius 3 is 2.10 bits per heavy atom. The van der Waals surface area contributed by atoms with E-state index < -0.39 is 0 Å². The summed E-state index contributed by atoms with van der Waals surface area (Å²) >= 11 is 1.85. The van der Waals surface area contributed by atoms with Crippen LogP contribution in [0.2, 0.25) is 0 Å². The number of benzene rings is 2. The van der Waals surface area contributed by atoms with Gasteiger partial charge in [0.15, 0.2) is 0 Å². The lowest BCUT2D eigenvalue weighted by Crippen LogP contribution is -2.45. The maximum absolute atomic E-state index is 4.70.